The third-order valence-electron chi connectivity index (χ3n) is 3.02. The summed E-state index contributed by atoms with van der Waals surface area (Å²) in [5.74, 6) is -0.178. The number of nitrogen functional groups attached to an aromatic ring is 1. The number of hydrogen-bond donors (Lipinski definition) is 2. The molecule has 0 aliphatic carbocycles. The molecule has 2 aromatic carbocycles. The second-order valence-corrected chi connectivity index (χ2v) is 6.50. The molecule has 0 aliphatic rings. The van der Waals surface area contributed by atoms with E-state index in [2.05, 4.69) is 0 Å². The van der Waals surface area contributed by atoms with Crippen molar-refractivity contribution in [1.29, 1.82) is 0 Å². The number of sulfonamides is 1. The molecule has 5 nitrogen and oxygen atoms in total. The third kappa shape index (κ3) is 2.55. The fourth-order valence-corrected chi connectivity index (χ4v) is 3.01. The summed E-state index contributed by atoms with van der Waals surface area (Å²) in [6, 6.07) is 10.8. The molecule has 0 amide bonds. The highest BCUT2D eigenvalue weighted by molar-refractivity contribution is 7.92. The largest absolute Gasteiger partial charge is 0.506 e. The average Bonchev–Trinajstić information content (AvgIpc) is 2.38. The van der Waals surface area contributed by atoms with Crippen LogP contribution in [0.1, 0.15) is 5.56 Å². The maximum absolute atomic E-state index is 12.5. The van der Waals surface area contributed by atoms with E-state index in [-0.39, 0.29) is 16.3 Å². The van der Waals surface area contributed by atoms with Crippen LogP contribution in [0.5, 0.6) is 5.75 Å². The monoisotopic (exact) mass is 292 g/mol. The summed E-state index contributed by atoms with van der Waals surface area (Å²) < 4.78 is 26.0. The number of hydrogen-bond acceptors (Lipinski definition) is 4. The Hall–Kier alpha value is -2.21. The topological polar surface area (TPSA) is 83.6 Å². The standard InChI is InChI=1S/C14H16N2O3S/c1-10-3-6-12(7-4-10)20(18,19)16(2)13-8-5-11(15)9-14(13)17/h3-9,17H,15H2,1-2H3. The Morgan fingerprint density at radius 1 is 1.10 bits per heavy atom. The lowest BCUT2D eigenvalue weighted by atomic mass is 10.2. The van der Waals surface area contributed by atoms with Crippen LogP contribution in [0.25, 0.3) is 0 Å². The lowest BCUT2D eigenvalue weighted by Crippen LogP contribution is -2.26. The predicted molar refractivity (Wildman–Crippen MR) is 79.3 cm³/mol. The lowest BCUT2D eigenvalue weighted by molar-refractivity contribution is 0.476. The lowest BCUT2D eigenvalue weighted by Gasteiger charge is -2.20. The number of aromatic hydroxyl groups is 1. The summed E-state index contributed by atoms with van der Waals surface area (Å²) >= 11 is 0. The van der Waals surface area contributed by atoms with Crippen LogP contribution in [0, 0.1) is 6.92 Å². The van der Waals surface area contributed by atoms with E-state index in [0.717, 1.165) is 9.87 Å². The molecule has 0 bridgehead atoms. The second kappa shape index (κ2) is 5.05. The van der Waals surface area contributed by atoms with Crippen LogP contribution in [0.3, 0.4) is 0 Å². The Morgan fingerprint density at radius 2 is 1.70 bits per heavy atom. The molecule has 20 heavy (non-hydrogen) atoms. The molecule has 3 N–H and O–H groups in total. The van der Waals surface area contributed by atoms with Gasteiger partial charge in [0.2, 0.25) is 0 Å². The summed E-state index contributed by atoms with van der Waals surface area (Å²) in [4.78, 5) is 0.168. The molecule has 0 unspecified atom stereocenters. The number of phenols is 1. The molecule has 2 rings (SSSR count). The van der Waals surface area contributed by atoms with Gasteiger partial charge in [0.25, 0.3) is 10.0 Å². The predicted octanol–water partition coefficient (Wildman–Crippen LogP) is 2.11. The van der Waals surface area contributed by atoms with E-state index in [0.29, 0.717) is 5.69 Å². The molecule has 0 heterocycles. The Bertz CT molecular complexity index is 725. The van der Waals surface area contributed by atoms with Crippen LogP contribution in [0.4, 0.5) is 11.4 Å². The van der Waals surface area contributed by atoms with E-state index in [1.165, 1.54) is 37.4 Å². The summed E-state index contributed by atoms with van der Waals surface area (Å²) in [6.45, 7) is 1.88. The van der Waals surface area contributed by atoms with E-state index in [1.807, 2.05) is 6.92 Å². The van der Waals surface area contributed by atoms with Gasteiger partial charge in [-0.1, -0.05) is 17.7 Å². The van der Waals surface area contributed by atoms with Gasteiger partial charge in [0.1, 0.15) is 5.75 Å². The zero-order valence-electron chi connectivity index (χ0n) is 11.2. The average molecular weight is 292 g/mol. The molecule has 6 heteroatoms. The van der Waals surface area contributed by atoms with E-state index >= 15 is 0 Å². The first-order valence-electron chi connectivity index (χ1n) is 5.96. The number of nitrogens with two attached hydrogens (primary N) is 1. The van der Waals surface area contributed by atoms with Gasteiger partial charge in [-0.25, -0.2) is 8.42 Å². The van der Waals surface area contributed by atoms with Crippen molar-refractivity contribution in [3.8, 4) is 5.75 Å². The highest BCUT2D eigenvalue weighted by Gasteiger charge is 2.23. The van der Waals surface area contributed by atoms with Gasteiger partial charge in [-0.05, 0) is 31.2 Å². The molecule has 0 aliphatic heterocycles. The van der Waals surface area contributed by atoms with Crippen molar-refractivity contribution in [1.82, 2.24) is 0 Å². The smallest absolute Gasteiger partial charge is 0.264 e. The van der Waals surface area contributed by atoms with E-state index in [9.17, 15) is 13.5 Å². The molecule has 0 fully saturated rings. The molecule has 0 saturated heterocycles. The zero-order chi connectivity index (χ0) is 14.9. The van der Waals surface area contributed by atoms with Gasteiger partial charge < -0.3 is 10.8 Å². The Labute approximate surface area is 118 Å². The van der Waals surface area contributed by atoms with Crippen LogP contribution >= 0.6 is 0 Å². The number of nitrogens with zero attached hydrogens (tertiary/aromatic N) is 1. The van der Waals surface area contributed by atoms with Crippen LogP contribution in [-0.2, 0) is 10.0 Å². The maximum Gasteiger partial charge on any atom is 0.264 e. The van der Waals surface area contributed by atoms with Gasteiger partial charge in [-0.15, -0.1) is 0 Å². The molecule has 0 atom stereocenters. The molecule has 0 aromatic heterocycles. The highest BCUT2D eigenvalue weighted by Crippen LogP contribution is 2.31. The van der Waals surface area contributed by atoms with Crippen molar-refractivity contribution in [2.45, 2.75) is 11.8 Å². The molecule has 0 spiro atoms. The summed E-state index contributed by atoms with van der Waals surface area (Å²) in [7, 11) is -2.32. The second-order valence-electron chi connectivity index (χ2n) is 4.53. The normalized spacial score (nSPS) is 11.3. The molecular formula is C14H16N2O3S. The van der Waals surface area contributed by atoms with E-state index in [4.69, 9.17) is 5.73 Å². The summed E-state index contributed by atoms with van der Waals surface area (Å²) in [5, 5.41) is 9.83. The van der Waals surface area contributed by atoms with Gasteiger partial charge >= 0.3 is 0 Å². The summed E-state index contributed by atoms with van der Waals surface area (Å²) in [6.07, 6.45) is 0. The Kier molecular flexibility index (Phi) is 3.59. The SMILES string of the molecule is Cc1ccc(S(=O)(=O)N(C)c2ccc(N)cc2O)cc1. The van der Waals surface area contributed by atoms with Crippen molar-refractivity contribution in [3.05, 3.63) is 48.0 Å². The number of benzene rings is 2. The number of aryl methyl sites for hydroxylation is 1. The van der Waals surface area contributed by atoms with Crippen molar-refractivity contribution >= 4 is 21.4 Å². The number of phenolic OH excluding ortho intramolecular Hbond substituents is 1. The highest BCUT2D eigenvalue weighted by atomic mass is 32.2. The molecule has 0 saturated carbocycles. The van der Waals surface area contributed by atoms with Crippen LogP contribution in [0.15, 0.2) is 47.4 Å². The zero-order valence-corrected chi connectivity index (χ0v) is 12.1. The fourth-order valence-electron chi connectivity index (χ4n) is 1.80. The first-order chi connectivity index (χ1) is 9.32. The fraction of sp³-hybridized carbons (Fsp3) is 0.143. The van der Waals surface area contributed by atoms with Gasteiger partial charge in [-0.3, -0.25) is 4.31 Å². The van der Waals surface area contributed by atoms with E-state index < -0.39 is 10.0 Å². The number of anilines is 2. The minimum absolute atomic E-state index is 0.168. The van der Waals surface area contributed by atoms with Crippen molar-refractivity contribution in [2.24, 2.45) is 0 Å². The molecule has 2 aromatic rings. The summed E-state index contributed by atoms with van der Waals surface area (Å²) in [5.41, 5.74) is 7.06. The van der Waals surface area contributed by atoms with Crippen molar-refractivity contribution in [3.63, 3.8) is 0 Å². The first kappa shape index (κ1) is 14.2. The number of rotatable bonds is 3. The molecule has 106 valence electrons. The van der Waals surface area contributed by atoms with Gasteiger partial charge in [0, 0.05) is 18.8 Å². The van der Waals surface area contributed by atoms with Crippen LogP contribution < -0.4 is 10.0 Å². The van der Waals surface area contributed by atoms with Gasteiger partial charge in [-0.2, -0.15) is 0 Å². The minimum atomic E-state index is -3.71. The van der Waals surface area contributed by atoms with Crippen molar-refractivity contribution in [2.75, 3.05) is 17.1 Å². The van der Waals surface area contributed by atoms with Gasteiger partial charge in [0.05, 0.1) is 10.6 Å². The van der Waals surface area contributed by atoms with Gasteiger partial charge in [0.15, 0.2) is 0 Å². The minimum Gasteiger partial charge on any atom is -0.506 e. The molecule has 0 radical (unpaired) electrons. The maximum atomic E-state index is 12.5. The quantitative estimate of drug-likeness (QED) is 0.849. The van der Waals surface area contributed by atoms with Crippen LogP contribution in [0.2, 0.25) is 0 Å². The van der Waals surface area contributed by atoms with E-state index in [1.54, 1.807) is 12.1 Å². The first-order valence-corrected chi connectivity index (χ1v) is 7.40. The molecular weight excluding hydrogens is 276 g/mol. The van der Waals surface area contributed by atoms with Crippen molar-refractivity contribution < 1.29 is 13.5 Å². The Balaban J connectivity index is 2.45. The van der Waals surface area contributed by atoms with Crippen LogP contribution in [-0.4, -0.2) is 20.6 Å². The third-order valence-corrected chi connectivity index (χ3v) is 4.80. The Morgan fingerprint density at radius 3 is 2.25 bits per heavy atom.